The van der Waals surface area contributed by atoms with E-state index in [1.54, 1.807) is 6.20 Å². The molecule has 3 amide bonds. The largest absolute Gasteiger partial charge is 0.332 e. The van der Waals surface area contributed by atoms with E-state index in [4.69, 9.17) is 0 Å². The highest BCUT2D eigenvalue weighted by Crippen LogP contribution is 2.38. The maximum Gasteiger partial charge on any atom is 0.243 e. The zero-order chi connectivity index (χ0) is 20.2. The minimum absolute atomic E-state index is 0.0922. The molecule has 3 aliphatic rings. The summed E-state index contributed by atoms with van der Waals surface area (Å²) in [6.07, 6.45) is 8.03. The molecule has 156 valence electrons. The summed E-state index contributed by atoms with van der Waals surface area (Å²) in [4.78, 5) is 46.4. The van der Waals surface area contributed by atoms with Crippen LogP contribution in [0.25, 0.3) is 0 Å². The van der Waals surface area contributed by atoms with Crippen molar-refractivity contribution < 1.29 is 14.4 Å². The predicted octanol–water partition coefficient (Wildman–Crippen LogP) is 1.73. The van der Waals surface area contributed by atoms with Gasteiger partial charge in [0.1, 0.15) is 6.54 Å². The maximum absolute atomic E-state index is 13.3. The first-order chi connectivity index (χ1) is 14.1. The van der Waals surface area contributed by atoms with Crippen molar-refractivity contribution in [2.24, 2.45) is 11.8 Å². The van der Waals surface area contributed by atoms with Crippen molar-refractivity contribution in [3.63, 3.8) is 0 Å². The Morgan fingerprint density at radius 1 is 1.03 bits per heavy atom. The van der Waals surface area contributed by atoms with Crippen molar-refractivity contribution in [3.8, 4) is 0 Å². The molecule has 1 aliphatic carbocycles. The summed E-state index contributed by atoms with van der Waals surface area (Å²) in [5, 5.41) is 3.38. The molecule has 2 aliphatic heterocycles. The van der Waals surface area contributed by atoms with Gasteiger partial charge in [0.15, 0.2) is 0 Å². The number of carbonyl (C=O) groups is 3. The van der Waals surface area contributed by atoms with Crippen LogP contribution in [0, 0.1) is 11.8 Å². The number of aromatic nitrogens is 1. The Labute approximate surface area is 171 Å². The summed E-state index contributed by atoms with van der Waals surface area (Å²) in [5.41, 5.74) is 0.825. The zero-order valence-electron chi connectivity index (χ0n) is 16.9. The first-order valence-corrected chi connectivity index (χ1v) is 10.9. The van der Waals surface area contributed by atoms with E-state index in [2.05, 4.69) is 10.3 Å². The number of pyridine rings is 1. The number of nitrogens with one attached hydrogen (secondary N) is 1. The third-order valence-corrected chi connectivity index (χ3v) is 6.59. The van der Waals surface area contributed by atoms with Gasteiger partial charge in [0, 0.05) is 12.2 Å². The van der Waals surface area contributed by atoms with Crippen LogP contribution in [0.5, 0.6) is 0 Å². The molecule has 2 saturated heterocycles. The lowest BCUT2D eigenvalue weighted by Crippen LogP contribution is -2.47. The lowest BCUT2D eigenvalue weighted by atomic mass is 9.81. The summed E-state index contributed by atoms with van der Waals surface area (Å²) in [5.74, 6) is -0.865. The fraction of sp³-hybridized carbons (Fsp3) is 0.636. The van der Waals surface area contributed by atoms with Crippen molar-refractivity contribution in [1.82, 2.24) is 20.1 Å². The van der Waals surface area contributed by atoms with Gasteiger partial charge in [0.05, 0.1) is 24.1 Å². The predicted molar refractivity (Wildman–Crippen MR) is 107 cm³/mol. The second kappa shape index (κ2) is 9.03. The molecule has 3 fully saturated rings. The monoisotopic (exact) mass is 398 g/mol. The Bertz CT molecular complexity index is 722. The molecule has 0 aromatic carbocycles. The number of hydrogen-bond donors (Lipinski definition) is 1. The molecular weight excluding hydrogens is 368 g/mol. The fourth-order valence-electron chi connectivity index (χ4n) is 5.01. The molecule has 1 saturated carbocycles. The number of carbonyl (C=O) groups excluding carboxylic acids is 3. The molecule has 7 heteroatoms. The number of hydrogen-bond acceptors (Lipinski definition) is 5. The van der Waals surface area contributed by atoms with Gasteiger partial charge in [-0.1, -0.05) is 18.9 Å². The summed E-state index contributed by atoms with van der Waals surface area (Å²) in [6.45, 7) is 2.09. The molecule has 0 radical (unpaired) electrons. The number of amides is 3. The molecule has 0 bridgehead atoms. The Morgan fingerprint density at radius 3 is 2.48 bits per heavy atom. The number of nitrogens with zero attached hydrogens (tertiary/aromatic N) is 3. The average molecular weight is 399 g/mol. The summed E-state index contributed by atoms with van der Waals surface area (Å²) >= 11 is 0. The fourth-order valence-corrected chi connectivity index (χ4v) is 5.01. The summed E-state index contributed by atoms with van der Waals surface area (Å²) in [6, 6.07) is 5.78. The van der Waals surface area contributed by atoms with E-state index in [-0.39, 0.29) is 42.1 Å². The second-order valence-electron chi connectivity index (χ2n) is 8.44. The molecule has 3 unspecified atom stereocenters. The molecule has 1 aromatic heterocycles. The molecular formula is C22H30N4O3. The first kappa shape index (κ1) is 20.0. The normalized spacial score (nSPS) is 27.4. The summed E-state index contributed by atoms with van der Waals surface area (Å²) in [7, 11) is 0. The van der Waals surface area contributed by atoms with Crippen LogP contribution in [0.2, 0.25) is 0 Å². The Hall–Kier alpha value is -2.28. The topological polar surface area (TPSA) is 82.6 Å². The molecule has 3 heterocycles. The van der Waals surface area contributed by atoms with Gasteiger partial charge in [0.25, 0.3) is 0 Å². The van der Waals surface area contributed by atoms with Crippen LogP contribution < -0.4 is 5.32 Å². The number of imide groups is 1. The zero-order valence-corrected chi connectivity index (χ0v) is 16.9. The van der Waals surface area contributed by atoms with E-state index in [9.17, 15) is 14.4 Å². The van der Waals surface area contributed by atoms with Gasteiger partial charge < -0.3 is 10.2 Å². The lowest BCUT2D eigenvalue weighted by molar-refractivity contribution is -0.148. The van der Waals surface area contributed by atoms with Gasteiger partial charge in [0.2, 0.25) is 17.7 Å². The van der Waals surface area contributed by atoms with Crippen LogP contribution in [-0.2, 0) is 20.9 Å². The SMILES string of the molecule is O=C1C2CCCCC2C(=O)N1CC(=O)N(Cc1ccccn1)C1CCCNCC1. The van der Waals surface area contributed by atoms with E-state index in [1.165, 1.54) is 4.90 Å². The standard InChI is InChI=1S/C22H30N4O3/c27-20(15-26-21(28)18-8-1-2-9-19(18)22(26)29)25(14-16-6-3-4-12-24-16)17-7-5-11-23-13-10-17/h3-4,6,12,17-19,23H,1-2,5,7-11,13-15H2. The molecule has 1 N–H and O–H groups in total. The smallest absolute Gasteiger partial charge is 0.243 e. The molecule has 3 atom stereocenters. The highest BCUT2D eigenvalue weighted by Gasteiger charge is 2.49. The third-order valence-electron chi connectivity index (χ3n) is 6.59. The van der Waals surface area contributed by atoms with Gasteiger partial charge in [-0.3, -0.25) is 24.3 Å². The molecule has 29 heavy (non-hydrogen) atoms. The van der Waals surface area contributed by atoms with Crippen molar-refractivity contribution in [1.29, 1.82) is 0 Å². The quantitative estimate of drug-likeness (QED) is 0.764. The third kappa shape index (κ3) is 4.34. The van der Waals surface area contributed by atoms with Crippen LogP contribution in [0.3, 0.4) is 0 Å². The van der Waals surface area contributed by atoms with Crippen LogP contribution >= 0.6 is 0 Å². The maximum atomic E-state index is 13.3. The van der Waals surface area contributed by atoms with Crippen molar-refractivity contribution in [3.05, 3.63) is 30.1 Å². The van der Waals surface area contributed by atoms with E-state index in [0.29, 0.717) is 6.54 Å². The second-order valence-corrected chi connectivity index (χ2v) is 8.44. The first-order valence-electron chi connectivity index (χ1n) is 10.9. The Morgan fingerprint density at radius 2 is 1.79 bits per heavy atom. The number of likely N-dealkylation sites (tertiary alicyclic amines) is 1. The van der Waals surface area contributed by atoms with Crippen LogP contribution in [0.15, 0.2) is 24.4 Å². The highest BCUT2D eigenvalue weighted by atomic mass is 16.2. The summed E-state index contributed by atoms with van der Waals surface area (Å²) < 4.78 is 0. The Kier molecular flexibility index (Phi) is 6.23. The van der Waals surface area contributed by atoms with Gasteiger partial charge >= 0.3 is 0 Å². The highest BCUT2D eigenvalue weighted by molar-refractivity contribution is 6.07. The molecule has 7 nitrogen and oxygen atoms in total. The van der Waals surface area contributed by atoms with Gasteiger partial charge in [-0.05, 0) is 57.3 Å². The minimum atomic E-state index is -0.213. The molecule has 0 spiro atoms. The van der Waals surface area contributed by atoms with Gasteiger partial charge in [-0.15, -0.1) is 0 Å². The van der Waals surface area contributed by atoms with Crippen molar-refractivity contribution in [2.75, 3.05) is 19.6 Å². The van der Waals surface area contributed by atoms with Crippen molar-refractivity contribution >= 4 is 17.7 Å². The van der Waals surface area contributed by atoms with E-state index < -0.39 is 0 Å². The van der Waals surface area contributed by atoms with E-state index >= 15 is 0 Å². The van der Waals surface area contributed by atoms with Crippen molar-refractivity contribution in [2.45, 2.75) is 57.5 Å². The number of rotatable bonds is 5. The van der Waals surface area contributed by atoms with Crippen LogP contribution in [0.1, 0.15) is 50.6 Å². The van der Waals surface area contributed by atoms with E-state index in [0.717, 1.165) is 63.7 Å². The molecule has 1 aromatic rings. The van der Waals surface area contributed by atoms with Crippen LogP contribution in [0.4, 0.5) is 0 Å². The number of fused-ring (bicyclic) bond motifs is 1. The molecule has 4 rings (SSSR count). The average Bonchev–Trinajstić information content (AvgIpc) is 2.93. The Balaban J connectivity index is 1.51. The lowest BCUT2D eigenvalue weighted by Gasteiger charge is -2.32. The van der Waals surface area contributed by atoms with E-state index in [1.807, 2.05) is 23.1 Å². The van der Waals surface area contributed by atoms with Gasteiger partial charge in [-0.2, -0.15) is 0 Å². The van der Waals surface area contributed by atoms with Gasteiger partial charge in [-0.25, -0.2) is 0 Å². The minimum Gasteiger partial charge on any atom is -0.332 e. The van der Waals surface area contributed by atoms with Crippen LogP contribution in [-0.4, -0.2) is 58.2 Å².